The van der Waals surface area contributed by atoms with Crippen molar-refractivity contribution in [1.82, 2.24) is 0 Å². The van der Waals surface area contributed by atoms with Crippen LogP contribution >= 0.6 is 27.3 Å². The summed E-state index contributed by atoms with van der Waals surface area (Å²) in [5.41, 5.74) is 1.19. The van der Waals surface area contributed by atoms with Crippen LogP contribution < -0.4 is 0 Å². The van der Waals surface area contributed by atoms with Gasteiger partial charge in [-0.25, -0.2) is 8.42 Å². The zero-order chi connectivity index (χ0) is 9.90. The van der Waals surface area contributed by atoms with Gasteiger partial charge in [0.2, 0.25) is 0 Å². The minimum atomic E-state index is -2.87. The fraction of sp³-hybridized carbons (Fsp3) is 0.500. The summed E-state index contributed by atoms with van der Waals surface area (Å²) in [5, 5.41) is 4.03. The predicted octanol–water partition coefficient (Wildman–Crippen LogP) is 2.10. The van der Waals surface area contributed by atoms with Crippen molar-refractivity contribution in [1.29, 1.82) is 0 Å². The molecule has 0 radical (unpaired) electrons. The van der Waals surface area contributed by atoms with Crippen LogP contribution in [0.3, 0.4) is 0 Å². The number of rotatable bonds is 4. The molecule has 13 heavy (non-hydrogen) atoms. The highest BCUT2D eigenvalue weighted by atomic mass is 79.9. The Morgan fingerprint density at radius 1 is 1.62 bits per heavy atom. The van der Waals surface area contributed by atoms with Gasteiger partial charge in [-0.2, -0.15) is 11.3 Å². The lowest BCUT2D eigenvalue weighted by molar-refractivity contribution is 0.600. The predicted molar refractivity (Wildman–Crippen MR) is 60.4 cm³/mol. The highest BCUT2D eigenvalue weighted by molar-refractivity contribution is 9.09. The van der Waals surface area contributed by atoms with Gasteiger partial charge in [0.25, 0.3) is 0 Å². The number of sulfone groups is 1. The Morgan fingerprint density at radius 2 is 2.31 bits per heavy atom. The van der Waals surface area contributed by atoms with Crippen LogP contribution in [0.2, 0.25) is 0 Å². The first-order chi connectivity index (χ1) is 5.97. The van der Waals surface area contributed by atoms with Gasteiger partial charge in [-0.15, -0.1) is 0 Å². The molecule has 0 aromatic carbocycles. The van der Waals surface area contributed by atoms with Gasteiger partial charge in [0.15, 0.2) is 0 Å². The second kappa shape index (κ2) is 4.57. The standard InChI is InChI=1S/C8H11BrO2S2/c1-13(10,11)6-8(9)4-7-2-3-12-5-7/h2-3,5,8H,4,6H2,1H3. The van der Waals surface area contributed by atoms with Gasteiger partial charge in [-0.1, -0.05) is 15.9 Å². The molecule has 1 unspecified atom stereocenters. The van der Waals surface area contributed by atoms with Crippen molar-refractivity contribution in [2.75, 3.05) is 12.0 Å². The van der Waals surface area contributed by atoms with Crippen molar-refractivity contribution in [3.8, 4) is 0 Å². The van der Waals surface area contributed by atoms with E-state index in [-0.39, 0.29) is 10.6 Å². The van der Waals surface area contributed by atoms with Gasteiger partial charge < -0.3 is 0 Å². The number of hydrogen-bond donors (Lipinski definition) is 0. The zero-order valence-corrected chi connectivity index (χ0v) is 10.5. The van der Waals surface area contributed by atoms with Gasteiger partial charge in [-0.3, -0.25) is 0 Å². The molecule has 0 aliphatic heterocycles. The summed E-state index contributed by atoms with van der Waals surface area (Å²) in [5.74, 6) is 0.197. The van der Waals surface area contributed by atoms with Gasteiger partial charge in [-0.05, 0) is 28.8 Å². The number of hydrogen-bond acceptors (Lipinski definition) is 3. The first-order valence-electron chi connectivity index (χ1n) is 3.80. The van der Waals surface area contributed by atoms with Crippen molar-refractivity contribution in [3.05, 3.63) is 22.4 Å². The molecule has 0 bridgehead atoms. The maximum absolute atomic E-state index is 10.9. The van der Waals surface area contributed by atoms with E-state index in [0.717, 1.165) is 6.42 Å². The highest BCUT2D eigenvalue weighted by Crippen LogP contribution is 2.14. The first-order valence-corrected chi connectivity index (χ1v) is 7.72. The first kappa shape index (κ1) is 11.2. The van der Waals surface area contributed by atoms with E-state index in [1.165, 1.54) is 11.8 Å². The number of thiophene rings is 1. The van der Waals surface area contributed by atoms with E-state index in [1.54, 1.807) is 11.3 Å². The lowest BCUT2D eigenvalue weighted by Crippen LogP contribution is -2.16. The quantitative estimate of drug-likeness (QED) is 0.793. The summed E-state index contributed by atoms with van der Waals surface area (Å²) < 4.78 is 21.9. The number of halogens is 1. The van der Waals surface area contributed by atoms with Crippen LogP contribution in [0.5, 0.6) is 0 Å². The fourth-order valence-electron chi connectivity index (χ4n) is 1.05. The molecule has 5 heteroatoms. The molecule has 1 rings (SSSR count). The molecule has 0 spiro atoms. The second-order valence-electron chi connectivity index (χ2n) is 3.03. The SMILES string of the molecule is CS(=O)(=O)CC(Br)Cc1ccsc1. The molecule has 0 amide bonds. The Morgan fingerprint density at radius 3 is 2.77 bits per heavy atom. The average Bonchev–Trinajstić information content (AvgIpc) is 2.34. The molecular formula is C8H11BrO2S2. The molecule has 0 N–H and O–H groups in total. The maximum Gasteiger partial charge on any atom is 0.148 e. The van der Waals surface area contributed by atoms with Crippen molar-refractivity contribution in [2.45, 2.75) is 11.2 Å². The summed E-state index contributed by atoms with van der Waals surface area (Å²) in [6.45, 7) is 0. The Balaban J connectivity index is 2.47. The minimum absolute atomic E-state index is 0.0251. The fourth-order valence-corrected chi connectivity index (χ4v) is 4.32. The molecule has 1 atom stereocenters. The van der Waals surface area contributed by atoms with Gasteiger partial charge in [0, 0.05) is 11.1 Å². The molecule has 2 nitrogen and oxygen atoms in total. The third-order valence-electron chi connectivity index (χ3n) is 1.52. The summed E-state index contributed by atoms with van der Waals surface area (Å²) in [4.78, 5) is 0.0251. The smallest absolute Gasteiger partial charge is 0.148 e. The van der Waals surface area contributed by atoms with Crippen LogP contribution in [0.15, 0.2) is 16.8 Å². The van der Waals surface area contributed by atoms with Crippen LogP contribution in [-0.4, -0.2) is 25.3 Å². The van der Waals surface area contributed by atoms with E-state index in [1.807, 2.05) is 16.8 Å². The molecular weight excluding hydrogens is 272 g/mol. The Kier molecular flexibility index (Phi) is 3.94. The van der Waals surface area contributed by atoms with E-state index >= 15 is 0 Å². The number of alkyl halides is 1. The molecule has 0 saturated carbocycles. The van der Waals surface area contributed by atoms with Gasteiger partial charge in [0.05, 0.1) is 5.75 Å². The Labute approximate surface area is 91.0 Å². The van der Waals surface area contributed by atoms with E-state index in [4.69, 9.17) is 0 Å². The van der Waals surface area contributed by atoms with Crippen LogP contribution in [0.25, 0.3) is 0 Å². The lowest BCUT2D eigenvalue weighted by atomic mass is 10.2. The van der Waals surface area contributed by atoms with Crippen LogP contribution in [0.1, 0.15) is 5.56 Å². The Bertz CT molecular complexity index is 342. The highest BCUT2D eigenvalue weighted by Gasteiger charge is 2.12. The summed E-state index contributed by atoms with van der Waals surface area (Å²) >= 11 is 4.99. The molecule has 0 aliphatic rings. The van der Waals surface area contributed by atoms with Crippen molar-refractivity contribution in [2.24, 2.45) is 0 Å². The van der Waals surface area contributed by atoms with Crippen LogP contribution in [0, 0.1) is 0 Å². The van der Waals surface area contributed by atoms with Crippen LogP contribution in [0.4, 0.5) is 0 Å². The van der Waals surface area contributed by atoms with E-state index in [9.17, 15) is 8.42 Å². The molecule has 74 valence electrons. The summed E-state index contributed by atoms with van der Waals surface area (Å²) in [6, 6.07) is 2.02. The molecule has 0 aliphatic carbocycles. The summed E-state index contributed by atoms with van der Waals surface area (Å²) in [6.07, 6.45) is 2.03. The third-order valence-corrected chi connectivity index (χ3v) is 4.34. The summed E-state index contributed by atoms with van der Waals surface area (Å²) in [7, 11) is -2.87. The minimum Gasteiger partial charge on any atom is -0.229 e. The molecule has 0 fully saturated rings. The van der Waals surface area contributed by atoms with E-state index in [2.05, 4.69) is 15.9 Å². The van der Waals surface area contributed by atoms with Gasteiger partial charge in [0.1, 0.15) is 9.84 Å². The average molecular weight is 283 g/mol. The monoisotopic (exact) mass is 282 g/mol. The molecule has 1 heterocycles. The second-order valence-corrected chi connectivity index (χ2v) is 7.29. The van der Waals surface area contributed by atoms with E-state index < -0.39 is 9.84 Å². The largest absolute Gasteiger partial charge is 0.229 e. The van der Waals surface area contributed by atoms with Crippen LogP contribution in [-0.2, 0) is 16.3 Å². The van der Waals surface area contributed by atoms with Crippen molar-refractivity contribution >= 4 is 37.1 Å². The van der Waals surface area contributed by atoms with Crippen molar-refractivity contribution < 1.29 is 8.42 Å². The van der Waals surface area contributed by atoms with Crippen molar-refractivity contribution in [3.63, 3.8) is 0 Å². The third kappa shape index (κ3) is 4.78. The Hall–Kier alpha value is 0.130. The normalized spacial score (nSPS) is 14.3. The maximum atomic E-state index is 10.9. The van der Waals surface area contributed by atoms with E-state index in [0.29, 0.717) is 0 Å². The lowest BCUT2D eigenvalue weighted by Gasteiger charge is -2.05. The zero-order valence-electron chi connectivity index (χ0n) is 7.23. The molecule has 0 saturated heterocycles. The molecule has 1 aromatic rings. The topological polar surface area (TPSA) is 34.1 Å². The molecule has 1 aromatic heterocycles. The van der Waals surface area contributed by atoms with Gasteiger partial charge >= 0.3 is 0 Å².